The maximum absolute atomic E-state index is 12.8. The largest absolute Gasteiger partial charge is 0.461 e. The zero-order valence-corrected chi connectivity index (χ0v) is 9.99. The second-order valence-electron chi connectivity index (χ2n) is 4.00. The summed E-state index contributed by atoms with van der Waals surface area (Å²) in [6.45, 7) is 0. The topological polar surface area (TPSA) is 9.23 Å². The second-order valence-corrected chi connectivity index (χ2v) is 4.00. The van der Waals surface area contributed by atoms with Gasteiger partial charge in [-0.2, -0.15) is 17.6 Å². The van der Waals surface area contributed by atoms with Gasteiger partial charge in [0.15, 0.2) is 0 Å². The van der Waals surface area contributed by atoms with Gasteiger partial charge < -0.3 is 4.74 Å². The van der Waals surface area contributed by atoms with Crippen molar-refractivity contribution in [2.75, 3.05) is 0 Å². The lowest BCUT2D eigenvalue weighted by molar-refractivity contribution is -0.253. The average Bonchev–Trinajstić information content (AvgIpc) is 2.39. The molecule has 0 aliphatic rings. The molecule has 6 heteroatoms. The smallest absolute Gasteiger partial charge is 0.428 e. The molecule has 106 valence electrons. The highest BCUT2D eigenvalue weighted by Gasteiger charge is 2.43. The van der Waals surface area contributed by atoms with Crippen molar-refractivity contribution in [3.05, 3.63) is 54.3 Å². The fraction of sp³-hybridized carbons (Fsp3) is 0.143. The molecule has 2 aromatic carbocycles. The molecule has 1 nitrogen and oxygen atoms in total. The second kappa shape index (κ2) is 5.48. The van der Waals surface area contributed by atoms with Crippen molar-refractivity contribution < 1.29 is 26.7 Å². The fourth-order valence-corrected chi connectivity index (χ4v) is 1.58. The third-order valence-electron chi connectivity index (χ3n) is 2.52. The van der Waals surface area contributed by atoms with Gasteiger partial charge in [-0.25, -0.2) is 4.39 Å². The minimum absolute atomic E-state index is 0.392. The lowest BCUT2D eigenvalue weighted by Gasteiger charge is -2.17. The maximum Gasteiger partial charge on any atom is 0.461 e. The summed E-state index contributed by atoms with van der Waals surface area (Å²) >= 11 is 0. The summed E-state index contributed by atoms with van der Waals surface area (Å²) in [6, 6.07) is 10.6. The van der Waals surface area contributed by atoms with Gasteiger partial charge in [-0.1, -0.05) is 24.3 Å². The van der Waals surface area contributed by atoms with Gasteiger partial charge in [0.05, 0.1) is 0 Å². The number of alkyl halides is 4. The summed E-state index contributed by atoms with van der Waals surface area (Å²) in [4.78, 5) is 0. The molecule has 2 rings (SSSR count). The van der Waals surface area contributed by atoms with Crippen LogP contribution in [0, 0.1) is 5.82 Å². The monoisotopic (exact) mass is 288 g/mol. The summed E-state index contributed by atoms with van der Waals surface area (Å²) in [5.41, 5.74) is 1.00. The van der Waals surface area contributed by atoms with E-state index in [9.17, 15) is 22.0 Å². The van der Waals surface area contributed by atoms with Crippen molar-refractivity contribution >= 4 is 0 Å². The average molecular weight is 288 g/mol. The number of ether oxygens (including phenoxy) is 1. The van der Waals surface area contributed by atoms with Crippen molar-refractivity contribution in [2.45, 2.75) is 12.5 Å². The van der Waals surface area contributed by atoms with E-state index < -0.39 is 24.1 Å². The van der Waals surface area contributed by atoms with E-state index in [0.29, 0.717) is 11.1 Å². The Hall–Kier alpha value is -2.11. The zero-order valence-electron chi connectivity index (χ0n) is 9.99. The number of hydrogen-bond donors (Lipinski definition) is 0. The van der Waals surface area contributed by atoms with Crippen molar-refractivity contribution in [1.29, 1.82) is 0 Å². The first kappa shape index (κ1) is 14.3. The molecule has 2 aromatic rings. The van der Waals surface area contributed by atoms with Crippen LogP contribution in [0.25, 0.3) is 11.1 Å². The maximum atomic E-state index is 12.8. The van der Waals surface area contributed by atoms with E-state index in [2.05, 4.69) is 4.74 Å². The Morgan fingerprint density at radius 3 is 2.15 bits per heavy atom. The molecule has 0 N–H and O–H groups in total. The molecular weight excluding hydrogens is 279 g/mol. The van der Waals surface area contributed by atoms with Crippen LogP contribution >= 0.6 is 0 Å². The lowest BCUT2D eigenvalue weighted by atomic mass is 10.1. The molecule has 0 saturated heterocycles. The third-order valence-corrected chi connectivity index (χ3v) is 2.52. The molecular formula is C14H9F5O. The molecule has 0 bridgehead atoms. The van der Waals surface area contributed by atoms with Gasteiger partial charge in [-0.05, 0) is 35.4 Å². The quantitative estimate of drug-likeness (QED) is 0.739. The molecule has 0 unspecified atom stereocenters. The Balaban J connectivity index is 2.26. The van der Waals surface area contributed by atoms with Gasteiger partial charge in [0.2, 0.25) is 0 Å². The first-order chi connectivity index (χ1) is 9.38. The van der Waals surface area contributed by atoms with Crippen molar-refractivity contribution in [3.8, 4) is 16.9 Å². The van der Waals surface area contributed by atoms with E-state index in [1.807, 2.05) is 0 Å². The summed E-state index contributed by atoms with van der Waals surface area (Å²) in [7, 11) is 0. The van der Waals surface area contributed by atoms with Crippen LogP contribution in [-0.2, 0) is 0 Å². The summed E-state index contributed by atoms with van der Waals surface area (Å²) in [6.07, 6.45) is -8.47. The van der Waals surface area contributed by atoms with E-state index in [0.717, 1.165) is 6.07 Å². The van der Waals surface area contributed by atoms with Crippen LogP contribution in [-0.4, -0.2) is 12.5 Å². The standard InChI is InChI=1S/C14H9F5O/c15-11-6-4-9(5-7-11)10-2-1-3-12(8-10)20-14(18,19)13(16)17/h1-8,13H. The van der Waals surface area contributed by atoms with Gasteiger partial charge >= 0.3 is 12.5 Å². The van der Waals surface area contributed by atoms with Crippen molar-refractivity contribution in [1.82, 2.24) is 0 Å². The molecule has 0 atom stereocenters. The van der Waals surface area contributed by atoms with E-state index in [4.69, 9.17) is 0 Å². The van der Waals surface area contributed by atoms with Gasteiger partial charge in [-0.15, -0.1) is 0 Å². The minimum Gasteiger partial charge on any atom is -0.428 e. The van der Waals surface area contributed by atoms with Crippen molar-refractivity contribution in [2.24, 2.45) is 0 Å². The molecule has 0 amide bonds. The minimum atomic E-state index is -4.55. The van der Waals surface area contributed by atoms with Crippen LogP contribution in [0.3, 0.4) is 0 Å². The third kappa shape index (κ3) is 3.26. The predicted molar refractivity (Wildman–Crippen MR) is 63.4 cm³/mol. The summed E-state index contributed by atoms with van der Waals surface area (Å²) in [5.74, 6) is -0.831. The van der Waals surface area contributed by atoms with Crippen LogP contribution < -0.4 is 4.74 Å². The Morgan fingerprint density at radius 1 is 0.900 bits per heavy atom. The van der Waals surface area contributed by atoms with E-state index in [1.54, 1.807) is 6.07 Å². The van der Waals surface area contributed by atoms with Gasteiger partial charge in [-0.3, -0.25) is 0 Å². The Labute approximate surface area is 111 Å². The Bertz CT molecular complexity index is 580. The van der Waals surface area contributed by atoms with Gasteiger partial charge in [0.25, 0.3) is 0 Å². The number of hydrogen-bond acceptors (Lipinski definition) is 1. The van der Waals surface area contributed by atoms with Gasteiger partial charge in [0.1, 0.15) is 11.6 Å². The van der Waals surface area contributed by atoms with Crippen LogP contribution in [0.1, 0.15) is 0 Å². The highest BCUT2D eigenvalue weighted by molar-refractivity contribution is 5.64. The Morgan fingerprint density at radius 2 is 1.55 bits per heavy atom. The van der Waals surface area contributed by atoms with E-state index >= 15 is 0 Å². The normalized spacial score (nSPS) is 11.7. The first-order valence-electron chi connectivity index (χ1n) is 5.59. The predicted octanol–water partition coefficient (Wildman–Crippen LogP) is 4.73. The molecule has 0 aliphatic carbocycles. The highest BCUT2D eigenvalue weighted by Crippen LogP contribution is 2.30. The summed E-state index contributed by atoms with van der Waals surface area (Å²) < 4.78 is 66.5. The number of halogens is 5. The highest BCUT2D eigenvalue weighted by atomic mass is 19.3. The zero-order chi connectivity index (χ0) is 14.8. The SMILES string of the molecule is Fc1ccc(-c2cccc(OC(F)(F)C(F)F)c2)cc1. The number of benzene rings is 2. The number of rotatable bonds is 4. The van der Waals surface area contributed by atoms with E-state index in [1.165, 1.54) is 36.4 Å². The first-order valence-corrected chi connectivity index (χ1v) is 5.59. The van der Waals surface area contributed by atoms with E-state index in [-0.39, 0.29) is 0 Å². The summed E-state index contributed by atoms with van der Waals surface area (Å²) in [5, 5.41) is 0. The fourth-order valence-electron chi connectivity index (χ4n) is 1.58. The molecule has 0 spiro atoms. The molecule has 0 aliphatic heterocycles. The lowest BCUT2D eigenvalue weighted by Crippen LogP contribution is -2.33. The molecule has 0 fully saturated rings. The molecule has 20 heavy (non-hydrogen) atoms. The van der Waals surface area contributed by atoms with Crippen LogP contribution in [0.4, 0.5) is 22.0 Å². The van der Waals surface area contributed by atoms with Crippen LogP contribution in [0.15, 0.2) is 48.5 Å². The molecule has 0 heterocycles. The van der Waals surface area contributed by atoms with Crippen LogP contribution in [0.5, 0.6) is 5.75 Å². The molecule has 0 radical (unpaired) electrons. The van der Waals surface area contributed by atoms with Crippen molar-refractivity contribution in [3.63, 3.8) is 0 Å². The van der Waals surface area contributed by atoms with Gasteiger partial charge in [0, 0.05) is 0 Å². The van der Waals surface area contributed by atoms with Crippen LogP contribution in [0.2, 0.25) is 0 Å². The molecule has 0 saturated carbocycles. The Kier molecular flexibility index (Phi) is 3.92. The molecule has 0 aromatic heterocycles.